The summed E-state index contributed by atoms with van der Waals surface area (Å²) in [4.78, 5) is 28.2. The molecule has 1 fully saturated rings. The van der Waals surface area contributed by atoms with E-state index < -0.39 is 0 Å². The molecule has 7 heteroatoms. The predicted molar refractivity (Wildman–Crippen MR) is 88.4 cm³/mol. The second-order valence-electron chi connectivity index (χ2n) is 5.48. The van der Waals surface area contributed by atoms with Crippen LogP contribution >= 0.6 is 11.3 Å². The van der Waals surface area contributed by atoms with E-state index >= 15 is 0 Å². The minimum Gasteiger partial charge on any atom is -0.376 e. The highest BCUT2D eigenvalue weighted by molar-refractivity contribution is 7.17. The van der Waals surface area contributed by atoms with Gasteiger partial charge < -0.3 is 9.64 Å². The van der Waals surface area contributed by atoms with E-state index in [1.165, 1.54) is 11.3 Å². The zero-order chi connectivity index (χ0) is 16.2. The van der Waals surface area contributed by atoms with E-state index in [9.17, 15) is 4.79 Å². The van der Waals surface area contributed by atoms with Crippen LogP contribution in [0.25, 0.3) is 10.8 Å². The van der Waals surface area contributed by atoms with Gasteiger partial charge in [0.1, 0.15) is 4.88 Å². The average Bonchev–Trinajstić information content (AvgIpc) is 3.22. The lowest BCUT2D eigenvalue weighted by atomic mass is 10.2. The Kier molecular flexibility index (Phi) is 4.97. The number of ether oxygens (including phenoxy) is 1. The van der Waals surface area contributed by atoms with Gasteiger partial charge >= 0.3 is 0 Å². The van der Waals surface area contributed by atoms with Crippen molar-refractivity contribution in [3.63, 3.8) is 0 Å². The molecule has 0 spiro atoms. The smallest absolute Gasteiger partial charge is 0.265 e. The van der Waals surface area contributed by atoms with Gasteiger partial charge in [-0.05, 0) is 32.8 Å². The first-order chi connectivity index (χ1) is 11.2. The van der Waals surface area contributed by atoms with Gasteiger partial charge in [-0.15, -0.1) is 11.3 Å². The molecule has 2 aromatic heterocycles. The number of hydrogen-bond acceptors (Lipinski definition) is 6. The molecule has 1 aliphatic heterocycles. The predicted octanol–water partition coefficient (Wildman–Crippen LogP) is 2.55. The molecule has 0 radical (unpaired) electrons. The summed E-state index contributed by atoms with van der Waals surface area (Å²) in [6, 6.07) is 1.76. The molecule has 1 aliphatic rings. The lowest BCUT2D eigenvalue weighted by Gasteiger charge is -2.23. The van der Waals surface area contributed by atoms with Gasteiger partial charge in [0.05, 0.1) is 11.8 Å². The highest BCUT2D eigenvalue weighted by Crippen LogP contribution is 2.26. The number of hydrogen-bond donors (Lipinski definition) is 0. The van der Waals surface area contributed by atoms with Gasteiger partial charge in [-0.3, -0.25) is 4.79 Å². The molecule has 1 atom stereocenters. The van der Waals surface area contributed by atoms with Crippen molar-refractivity contribution in [2.45, 2.75) is 32.8 Å². The van der Waals surface area contributed by atoms with Crippen LogP contribution in [0.2, 0.25) is 0 Å². The van der Waals surface area contributed by atoms with Gasteiger partial charge in [0.15, 0.2) is 10.8 Å². The van der Waals surface area contributed by atoms with Gasteiger partial charge in [-0.25, -0.2) is 15.0 Å². The summed E-state index contributed by atoms with van der Waals surface area (Å²) in [6.07, 6.45) is 5.61. The highest BCUT2D eigenvalue weighted by Gasteiger charge is 2.25. The molecule has 2 aromatic rings. The first-order valence-electron chi connectivity index (χ1n) is 7.84. The van der Waals surface area contributed by atoms with Gasteiger partial charge in [0.25, 0.3) is 5.91 Å². The van der Waals surface area contributed by atoms with E-state index in [1.807, 2.05) is 18.7 Å². The number of amides is 1. The van der Waals surface area contributed by atoms with Gasteiger partial charge in [0, 0.05) is 32.1 Å². The molecule has 0 N–H and O–H groups in total. The number of thiazole rings is 1. The molecule has 0 aliphatic carbocycles. The van der Waals surface area contributed by atoms with Crippen LogP contribution in [0.4, 0.5) is 0 Å². The summed E-state index contributed by atoms with van der Waals surface area (Å²) in [5.74, 6) is 0.571. The van der Waals surface area contributed by atoms with E-state index in [2.05, 4.69) is 15.0 Å². The molecule has 0 unspecified atom stereocenters. The largest absolute Gasteiger partial charge is 0.376 e. The zero-order valence-electron chi connectivity index (χ0n) is 13.4. The molecule has 0 bridgehead atoms. The number of rotatable bonds is 5. The summed E-state index contributed by atoms with van der Waals surface area (Å²) in [5, 5.41) is 0.680. The third-order valence-corrected chi connectivity index (χ3v) is 5.01. The topological polar surface area (TPSA) is 68.2 Å². The minimum atomic E-state index is 0.0141. The van der Waals surface area contributed by atoms with Crippen molar-refractivity contribution >= 4 is 17.2 Å². The average molecular weight is 332 g/mol. The Bertz CT molecular complexity index is 668. The third-order valence-electron chi connectivity index (χ3n) is 3.86. The maximum Gasteiger partial charge on any atom is 0.265 e. The van der Waals surface area contributed by atoms with Gasteiger partial charge in [-0.1, -0.05) is 0 Å². The Morgan fingerprint density at radius 3 is 2.87 bits per heavy atom. The van der Waals surface area contributed by atoms with Crippen molar-refractivity contribution in [1.82, 2.24) is 19.9 Å². The van der Waals surface area contributed by atoms with E-state index in [0.29, 0.717) is 28.8 Å². The molecular formula is C16H20N4O2S. The molecule has 3 rings (SSSR count). The summed E-state index contributed by atoms with van der Waals surface area (Å²) >= 11 is 1.35. The highest BCUT2D eigenvalue weighted by atomic mass is 32.1. The lowest BCUT2D eigenvalue weighted by molar-refractivity contribution is 0.0542. The van der Waals surface area contributed by atoms with Crippen molar-refractivity contribution < 1.29 is 9.53 Å². The number of carbonyl (C=O) groups excluding carboxylic acids is 1. The Morgan fingerprint density at radius 2 is 2.22 bits per heavy atom. The van der Waals surface area contributed by atoms with E-state index in [1.54, 1.807) is 18.5 Å². The van der Waals surface area contributed by atoms with Gasteiger partial charge in [0.2, 0.25) is 0 Å². The Balaban J connectivity index is 1.79. The molecule has 0 saturated carbocycles. The molecule has 6 nitrogen and oxygen atoms in total. The Hall–Kier alpha value is -1.86. The normalized spacial score (nSPS) is 17.4. The quantitative estimate of drug-likeness (QED) is 0.842. The first-order valence-corrected chi connectivity index (χ1v) is 8.66. The minimum absolute atomic E-state index is 0.0141. The molecule has 0 aromatic carbocycles. The number of nitrogens with zero attached hydrogens (tertiary/aromatic N) is 4. The van der Waals surface area contributed by atoms with Crippen LogP contribution in [0.3, 0.4) is 0 Å². The van der Waals surface area contributed by atoms with Crippen LogP contribution in [0.5, 0.6) is 0 Å². The fourth-order valence-corrected chi connectivity index (χ4v) is 3.62. The number of aryl methyl sites for hydroxylation is 1. The second-order valence-corrected chi connectivity index (χ2v) is 6.48. The molecule has 1 saturated heterocycles. The van der Waals surface area contributed by atoms with Crippen molar-refractivity contribution in [2.24, 2.45) is 0 Å². The van der Waals surface area contributed by atoms with Gasteiger partial charge in [-0.2, -0.15) is 0 Å². The molecule has 1 amide bonds. The summed E-state index contributed by atoms with van der Waals surface area (Å²) in [7, 11) is 0. The number of aromatic nitrogens is 3. The molecule has 3 heterocycles. The third kappa shape index (κ3) is 3.56. The van der Waals surface area contributed by atoms with Crippen LogP contribution in [-0.4, -0.2) is 51.6 Å². The van der Waals surface area contributed by atoms with E-state index in [-0.39, 0.29) is 12.0 Å². The maximum atomic E-state index is 12.8. The lowest BCUT2D eigenvalue weighted by Crippen LogP contribution is -2.37. The first kappa shape index (κ1) is 16.0. The molecular weight excluding hydrogens is 312 g/mol. The summed E-state index contributed by atoms with van der Waals surface area (Å²) in [5.41, 5.74) is 0.730. The fraction of sp³-hybridized carbons (Fsp3) is 0.500. The second kappa shape index (κ2) is 7.14. The van der Waals surface area contributed by atoms with Crippen LogP contribution in [0.15, 0.2) is 18.5 Å². The Morgan fingerprint density at radius 1 is 1.43 bits per heavy atom. The number of carbonyl (C=O) groups is 1. The Labute approximate surface area is 139 Å². The standard InChI is InChI=1S/C16H20N4O2S/c1-3-20(10-12-6-4-9-22-12)16(21)13-11(2)19-15(23-13)14-17-7-5-8-18-14/h5,7-8,12H,3-4,6,9-10H2,1-2H3/t12-/m1/s1. The summed E-state index contributed by atoms with van der Waals surface area (Å²) in [6.45, 7) is 5.95. The van der Waals surface area contributed by atoms with E-state index in [0.717, 1.165) is 25.1 Å². The van der Waals surface area contributed by atoms with Crippen molar-refractivity contribution in [1.29, 1.82) is 0 Å². The van der Waals surface area contributed by atoms with Crippen LogP contribution in [-0.2, 0) is 4.74 Å². The van der Waals surface area contributed by atoms with Crippen molar-refractivity contribution in [3.05, 3.63) is 29.0 Å². The van der Waals surface area contributed by atoms with Crippen LogP contribution in [0.1, 0.15) is 35.1 Å². The van der Waals surface area contributed by atoms with Crippen molar-refractivity contribution in [2.75, 3.05) is 19.7 Å². The van der Waals surface area contributed by atoms with Crippen molar-refractivity contribution in [3.8, 4) is 10.8 Å². The molecule has 122 valence electrons. The fourth-order valence-electron chi connectivity index (χ4n) is 2.63. The molecule has 23 heavy (non-hydrogen) atoms. The van der Waals surface area contributed by atoms with Crippen LogP contribution < -0.4 is 0 Å². The number of likely N-dealkylation sites (N-methyl/N-ethyl adjacent to an activating group) is 1. The van der Waals surface area contributed by atoms with Crippen LogP contribution in [0, 0.1) is 6.92 Å². The maximum absolute atomic E-state index is 12.8. The van der Waals surface area contributed by atoms with E-state index in [4.69, 9.17) is 4.74 Å². The zero-order valence-corrected chi connectivity index (χ0v) is 14.2. The SMILES string of the molecule is CCN(C[C@H]1CCCO1)C(=O)c1sc(-c2ncccn2)nc1C. The summed E-state index contributed by atoms with van der Waals surface area (Å²) < 4.78 is 5.65. The monoisotopic (exact) mass is 332 g/mol.